The standard InChI is InChI=1S/C12H19N3OS/c1-9-7-17-10(15-9)3-6-14-11(16)12(8-13)4-2-5-12/h7H,2-6,8,13H2,1H3,(H,14,16). The molecule has 0 spiro atoms. The molecule has 0 saturated heterocycles. The molecule has 3 N–H and O–H groups in total. The van der Waals surface area contributed by atoms with Crippen LogP contribution in [0, 0.1) is 12.3 Å². The summed E-state index contributed by atoms with van der Waals surface area (Å²) in [7, 11) is 0. The highest BCUT2D eigenvalue weighted by atomic mass is 32.1. The van der Waals surface area contributed by atoms with Crippen LogP contribution in [0.5, 0.6) is 0 Å². The topological polar surface area (TPSA) is 68.0 Å². The van der Waals surface area contributed by atoms with Gasteiger partial charge in [0.1, 0.15) is 0 Å². The Labute approximate surface area is 106 Å². The Kier molecular flexibility index (Phi) is 3.79. The molecular formula is C12H19N3OS. The van der Waals surface area contributed by atoms with Gasteiger partial charge in [-0.15, -0.1) is 11.3 Å². The Bertz CT molecular complexity index is 393. The molecule has 94 valence electrons. The van der Waals surface area contributed by atoms with Gasteiger partial charge in [0.05, 0.1) is 10.4 Å². The van der Waals surface area contributed by atoms with Crippen molar-refractivity contribution in [3.63, 3.8) is 0 Å². The molecule has 4 nitrogen and oxygen atoms in total. The van der Waals surface area contributed by atoms with Crippen LogP contribution in [0.1, 0.15) is 30.0 Å². The van der Waals surface area contributed by atoms with Crippen molar-refractivity contribution in [2.24, 2.45) is 11.1 Å². The third-order valence-corrected chi connectivity index (χ3v) is 4.50. The molecule has 1 saturated carbocycles. The van der Waals surface area contributed by atoms with Gasteiger partial charge in [0.15, 0.2) is 0 Å². The fraction of sp³-hybridized carbons (Fsp3) is 0.667. The maximum atomic E-state index is 12.0. The Balaban J connectivity index is 1.77. The number of hydrogen-bond donors (Lipinski definition) is 2. The molecule has 1 aliphatic carbocycles. The van der Waals surface area contributed by atoms with Gasteiger partial charge in [0.25, 0.3) is 0 Å². The van der Waals surface area contributed by atoms with E-state index in [0.717, 1.165) is 36.4 Å². The maximum absolute atomic E-state index is 12.0. The second-order valence-corrected chi connectivity index (χ2v) is 5.67. The quantitative estimate of drug-likeness (QED) is 0.829. The van der Waals surface area contributed by atoms with Crippen LogP contribution in [0.4, 0.5) is 0 Å². The number of aryl methyl sites for hydroxylation is 1. The molecule has 1 fully saturated rings. The fourth-order valence-electron chi connectivity index (χ4n) is 2.12. The highest BCUT2D eigenvalue weighted by Gasteiger charge is 2.42. The van der Waals surface area contributed by atoms with E-state index in [4.69, 9.17) is 5.73 Å². The van der Waals surface area contributed by atoms with E-state index in [1.165, 1.54) is 0 Å². The maximum Gasteiger partial charge on any atom is 0.227 e. The SMILES string of the molecule is Cc1csc(CCNC(=O)C2(CN)CCC2)n1. The molecule has 0 unspecified atom stereocenters. The van der Waals surface area contributed by atoms with Crippen LogP contribution in [0.15, 0.2) is 5.38 Å². The van der Waals surface area contributed by atoms with Crippen molar-refractivity contribution >= 4 is 17.2 Å². The van der Waals surface area contributed by atoms with Gasteiger partial charge in [-0.3, -0.25) is 4.79 Å². The lowest BCUT2D eigenvalue weighted by Crippen LogP contribution is -2.50. The molecule has 1 aliphatic rings. The molecule has 17 heavy (non-hydrogen) atoms. The number of carbonyl (C=O) groups excluding carboxylic acids is 1. The van der Waals surface area contributed by atoms with Gasteiger partial charge in [-0.1, -0.05) is 6.42 Å². The van der Waals surface area contributed by atoms with Crippen molar-refractivity contribution in [2.75, 3.05) is 13.1 Å². The largest absolute Gasteiger partial charge is 0.355 e. The predicted molar refractivity (Wildman–Crippen MR) is 68.9 cm³/mol. The third-order valence-electron chi connectivity index (χ3n) is 3.47. The zero-order valence-electron chi connectivity index (χ0n) is 10.2. The number of hydrogen-bond acceptors (Lipinski definition) is 4. The Morgan fingerprint density at radius 3 is 2.88 bits per heavy atom. The summed E-state index contributed by atoms with van der Waals surface area (Å²) in [6.07, 6.45) is 3.80. The number of nitrogens with two attached hydrogens (primary N) is 1. The second kappa shape index (κ2) is 5.14. The molecule has 1 aromatic heterocycles. The van der Waals surface area contributed by atoms with E-state index in [1.807, 2.05) is 12.3 Å². The lowest BCUT2D eigenvalue weighted by atomic mass is 9.68. The molecule has 1 amide bonds. The summed E-state index contributed by atoms with van der Waals surface area (Å²) < 4.78 is 0. The van der Waals surface area contributed by atoms with Crippen LogP contribution < -0.4 is 11.1 Å². The number of rotatable bonds is 5. The van der Waals surface area contributed by atoms with Gasteiger partial charge >= 0.3 is 0 Å². The molecule has 0 bridgehead atoms. The lowest BCUT2D eigenvalue weighted by molar-refractivity contribution is -0.135. The smallest absolute Gasteiger partial charge is 0.227 e. The van der Waals surface area contributed by atoms with Crippen LogP contribution in [-0.2, 0) is 11.2 Å². The minimum atomic E-state index is -0.265. The molecule has 0 aliphatic heterocycles. The molecule has 0 atom stereocenters. The molecule has 5 heteroatoms. The predicted octanol–water partition coefficient (Wildman–Crippen LogP) is 1.24. The zero-order chi connectivity index (χ0) is 12.3. The van der Waals surface area contributed by atoms with Crippen LogP contribution in [0.25, 0.3) is 0 Å². The first-order chi connectivity index (χ1) is 8.16. The van der Waals surface area contributed by atoms with Gasteiger partial charge in [-0.25, -0.2) is 4.98 Å². The van der Waals surface area contributed by atoms with E-state index >= 15 is 0 Å². The number of nitrogens with zero attached hydrogens (tertiary/aromatic N) is 1. The summed E-state index contributed by atoms with van der Waals surface area (Å²) >= 11 is 1.65. The van der Waals surface area contributed by atoms with Crippen molar-refractivity contribution in [3.8, 4) is 0 Å². The monoisotopic (exact) mass is 253 g/mol. The Hall–Kier alpha value is -0.940. The van der Waals surface area contributed by atoms with E-state index in [2.05, 4.69) is 10.3 Å². The van der Waals surface area contributed by atoms with E-state index in [1.54, 1.807) is 11.3 Å². The van der Waals surface area contributed by atoms with E-state index < -0.39 is 0 Å². The van der Waals surface area contributed by atoms with Crippen molar-refractivity contribution < 1.29 is 4.79 Å². The summed E-state index contributed by atoms with van der Waals surface area (Å²) in [4.78, 5) is 16.3. The number of aromatic nitrogens is 1. The van der Waals surface area contributed by atoms with Gasteiger partial charge < -0.3 is 11.1 Å². The zero-order valence-corrected chi connectivity index (χ0v) is 11.0. The minimum absolute atomic E-state index is 0.125. The molecular weight excluding hydrogens is 234 g/mol. The van der Waals surface area contributed by atoms with Crippen molar-refractivity contribution in [2.45, 2.75) is 32.6 Å². The van der Waals surface area contributed by atoms with Crippen LogP contribution >= 0.6 is 11.3 Å². The minimum Gasteiger partial charge on any atom is -0.355 e. The van der Waals surface area contributed by atoms with Gasteiger partial charge in [0, 0.05) is 30.6 Å². The molecule has 2 rings (SSSR count). The van der Waals surface area contributed by atoms with Crippen molar-refractivity contribution in [1.82, 2.24) is 10.3 Å². The molecule has 1 aromatic rings. The average Bonchev–Trinajstić information content (AvgIpc) is 2.63. The molecule has 0 radical (unpaired) electrons. The Morgan fingerprint density at radius 1 is 1.65 bits per heavy atom. The van der Waals surface area contributed by atoms with Crippen LogP contribution in [-0.4, -0.2) is 24.0 Å². The summed E-state index contributed by atoms with van der Waals surface area (Å²) in [5.41, 5.74) is 6.47. The first kappa shape index (κ1) is 12.5. The number of amides is 1. The number of carbonyl (C=O) groups is 1. The van der Waals surface area contributed by atoms with Gasteiger partial charge in [-0.2, -0.15) is 0 Å². The fourth-order valence-corrected chi connectivity index (χ4v) is 2.89. The summed E-state index contributed by atoms with van der Waals surface area (Å²) in [5, 5.41) is 6.10. The van der Waals surface area contributed by atoms with Crippen LogP contribution in [0.3, 0.4) is 0 Å². The van der Waals surface area contributed by atoms with E-state index in [9.17, 15) is 4.79 Å². The average molecular weight is 253 g/mol. The summed E-state index contributed by atoms with van der Waals surface area (Å²) in [5.74, 6) is 0.125. The van der Waals surface area contributed by atoms with Crippen molar-refractivity contribution in [1.29, 1.82) is 0 Å². The first-order valence-corrected chi connectivity index (χ1v) is 6.94. The summed E-state index contributed by atoms with van der Waals surface area (Å²) in [6.45, 7) is 3.11. The van der Waals surface area contributed by atoms with E-state index in [0.29, 0.717) is 13.1 Å². The van der Waals surface area contributed by atoms with Gasteiger partial charge in [-0.05, 0) is 19.8 Å². The van der Waals surface area contributed by atoms with Crippen LogP contribution in [0.2, 0.25) is 0 Å². The highest BCUT2D eigenvalue weighted by molar-refractivity contribution is 7.09. The van der Waals surface area contributed by atoms with Gasteiger partial charge in [0.2, 0.25) is 5.91 Å². The normalized spacial score (nSPS) is 17.5. The number of nitrogens with one attached hydrogen (secondary N) is 1. The lowest BCUT2D eigenvalue weighted by Gasteiger charge is -2.39. The second-order valence-electron chi connectivity index (χ2n) is 4.73. The highest BCUT2D eigenvalue weighted by Crippen LogP contribution is 2.39. The Morgan fingerprint density at radius 2 is 2.41 bits per heavy atom. The molecule has 0 aromatic carbocycles. The van der Waals surface area contributed by atoms with E-state index in [-0.39, 0.29) is 11.3 Å². The third kappa shape index (κ3) is 2.66. The molecule has 1 heterocycles. The first-order valence-electron chi connectivity index (χ1n) is 6.06. The summed E-state index contributed by atoms with van der Waals surface area (Å²) in [6, 6.07) is 0. The number of thiazole rings is 1. The van der Waals surface area contributed by atoms with Crippen molar-refractivity contribution in [3.05, 3.63) is 16.1 Å².